The third-order valence-corrected chi connectivity index (χ3v) is 8.32. The second kappa shape index (κ2) is 6.97. The zero-order valence-corrected chi connectivity index (χ0v) is 18.4. The molecule has 1 aromatic carbocycles. The van der Waals surface area contributed by atoms with Crippen LogP contribution >= 0.6 is 18.4 Å². The lowest BCUT2D eigenvalue weighted by molar-refractivity contribution is -0.0909. The maximum atomic E-state index is 11.8. The lowest BCUT2D eigenvalue weighted by atomic mass is 9.72. The van der Waals surface area contributed by atoms with Gasteiger partial charge >= 0.3 is 0 Å². The van der Waals surface area contributed by atoms with Gasteiger partial charge in [-0.2, -0.15) is 5.10 Å². The molecular formula is C19H28N3OPS2. The van der Waals surface area contributed by atoms with Gasteiger partial charge in [-0.15, -0.1) is 0 Å². The quantitative estimate of drug-likeness (QED) is 0.590. The maximum Gasteiger partial charge on any atom is 0.201 e. The van der Waals surface area contributed by atoms with E-state index in [-0.39, 0.29) is 11.3 Å². The predicted molar refractivity (Wildman–Crippen MR) is 114 cm³/mol. The van der Waals surface area contributed by atoms with Crippen molar-refractivity contribution in [2.45, 2.75) is 45.3 Å². The van der Waals surface area contributed by atoms with Gasteiger partial charge in [-0.25, -0.2) is 4.68 Å². The minimum Gasteiger partial charge on any atom is -0.387 e. The SMILES string of the molecule is CC1(C)CCC(Cc2ccccc2)C1(O)Cn1ncn(P(C)(C)=S)c1=S. The van der Waals surface area contributed by atoms with Gasteiger partial charge in [0.1, 0.15) is 6.33 Å². The molecule has 0 bridgehead atoms. The standard InChI is InChI=1S/C19H28N3OPS2/c1-18(2)11-10-16(12-15-8-6-5-7-9-15)19(18,23)13-21-17(25)22(14-20-21)24(3,4)26/h5-9,14,16,23H,10-13H2,1-4H3. The van der Waals surface area contributed by atoms with E-state index in [0.717, 1.165) is 19.3 Å². The molecule has 2 aromatic rings. The average molecular weight is 410 g/mol. The summed E-state index contributed by atoms with van der Waals surface area (Å²) in [6.07, 6.45) is 2.88. The Morgan fingerprint density at radius 1 is 1.27 bits per heavy atom. The van der Waals surface area contributed by atoms with Crippen LogP contribution in [0.4, 0.5) is 0 Å². The number of aliphatic hydroxyl groups is 1. The largest absolute Gasteiger partial charge is 0.387 e. The van der Waals surface area contributed by atoms with Gasteiger partial charge in [0.25, 0.3) is 0 Å². The monoisotopic (exact) mass is 409 g/mol. The molecule has 2 atom stereocenters. The van der Waals surface area contributed by atoms with E-state index in [0.29, 0.717) is 11.3 Å². The van der Waals surface area contributed by atoms with Crippen LogP contribution in [0.3, 0.4) is 0 Å². The third-order valence-electron chi connectivity index (χ3n) is 5.92. The van der Waals surface area contributed by atoms with E-state index in [2.05, 4.69) is 43.2 Å². The van der Waals surface area contributed by atoms with Crippen molar-refractivity contribution >= 4 is 30.2 Å². The van der Waals surface area contributed by atoms with E-state index in [1.165, 1.54) is 5.56 Å². The molecule has 1 aliphatic rings. The molecule has 0 spiro atoms. The molecule has 2 unspecified atom stereocenters. The highest BCUT2D eigenvalue weighted by molar-refractivity contribution is 8.13. The van der Waals surface area contributed by atoms with Gasteiger partial charge in [-0.1, -0.05) is 56.0 Å². The summed E-state index contributed by atoms with van der Waals surface area (Å²) in [6.45, 7) is 8.80. The van der Waals surface area contributed by atoms with E-state index >= 15 is 0 Å². The Kier molecular flexibility index (Phi) is 5.35. The first-order valence-corrected chi connectivity index (χ1v) is 13.1. The van der Waals surface area contributed by atoms with Gasteiger partial charge in [0.05, 0.1) is 12.1 Å². The highest BCUT2D eigenvalue weighted by Gasteiger charge is 2.54. The molecule has 3 rings (SSSR count). The lowest BCUT2D eigenvalue weighted by Gasteiger charge is -2.40. The number of hydrogen-bond donors (Lipinski definition) is 1. The van der Waals surface area contributed by atoms with Gasteiger partial charge in [-0.05, 0) is 61.7 Å². The summed E-state index contributed by atoms with van der Waals surface area (Å²) in [4.78, 5) is 0. The van der Waals surface area contributed by atoms with Crippen molar-refractivity contribution in [3.05, 3.63) is 47.0 Å². The Morgan fingerprint density at radius 2 is 1.92 bits per heavy atom. The second-order valence-corrected chi connectivity index (χ2v) is 14.5. The molecule has 7 heteroatoms. The van der Waals surface area contributed by atoms with Gasteiger partial charge < -0.3 is 5.11 Å². The Labute approximate surface area is 166 Å². The number of nitrogens with zero attached hydrogens (tertiary/aromatic N) is 3. The first-order chi connectivity index (χ1) is 12.0. The van der Waals surface area contributed by atoms with Crippen LogP contribution in [0.25, 0.3) is 0 Å². The minimum absolute atomic E-state index is 0.179. The number of hydrogen-bond acceptors (Lipinski definition) is 4. The highest BCUT2D eigenvalue weighted by atomic mass is 32.4. The van der Waals surface area contributed by atoms with E-state index in [1.54, 1.807) is 11.0 Å². The van der Waals surface area contributed by atoms with Crippen molar-refractivity contribution in [1.82, 2.24) is 14.1 Å². The molecule has 1 aliphatic carbocycles. The molecular weight excluding hydrogens is 381 g/mol. The summed E-state index contributed by atoms with van der Waals surface area (Å²) in [6, 6.07) is 10.4. The van der Waals surface area contributed by atoms with E-state index in [9.17, 15) is 5.11 Å². The zero-order valence-electron chi connectivity index (χ0n) is 15.9. The van der Waals surface area contributed by atoms with Crippen molar-refractivity contribution in [3.8, 4) is 0 Å². The molecule has 1 N–H and O–H groups in total. The fraction of sp³-hybridized carbons (Fsp3) is 0.579. The van der Waals surface area contributed by atoms with Gasteiger partial charge in [0.15, 0.2) is 0 Å². The summed E-state index contributed by atoms with van der Waals surface area (Å²) in [5, 5.41) is 16.3. The molecule has 1 heterocycles. The molecule has 1 fully saturated rings. The van der Waals surface area contributed by atoms with Gasteiger partial charge in [0.2, 0.25) is 4.77 Å². The van der Waals surface area contributed by atoms with Crippen molar-refractivity contribution in [1.29, 1.82) is 0 Å². The summed E-state index contributed by atoms with van der Waals surface area (Å²) in [5.41, 5.74) is 0.217. The number of benzene rings is 1. The minimum atomic E-state index is -1.72. The average Bonchev–Trinajstić information content (AvgIpc) is 3.01. The van der Waals surface area contributed by atoms with Crippen LogP contribution in [0.15, 0.2) is 36.7 Å². The zero-order chi connectivity index (χ0) is 19.2. The molecule has 26 heavy (non-hydrogen) atoms. The number of rotatable bonds is 5. The first kappa shape index (κ1) is 19.9. The summed E-state index contributed by atoms with van der Waals surface area (Å²) in [7, 11) is 0. The molecule has 1 saturated carbocycles. The van der Waals surface area contributed by atoms with Crippen LogP contribution < -0.4 is 0 Å². The topological polar surface area (TPSA) is 43.0 Å². The number of aromatic nitrogens is 3. The van der Waals surface area contributed by atoms with Gasteiger partial charge in [-0.3, -0.25) is 4.34 Å². The molecule has 0 saturated heterocycles. The summed E-state index contributed by atoms with van der Waals surface area (Å²) >= 11 is 11.2. The molecule has 1 aromatic heterocycles. The van der Waals surface area contributed by atoms with Crippen molar-refractivity contribution in [2.24, 2.45) is 11.3 Å². The van der Waals surface area contributed by atoms with Crippen molar-refractivity contribution in [2.75, 3.05) is 13.3 Å². The third kappa shape index (κ3) is 3.62. The first-order valence-electron chi connectivity index (χ1n) is 9.01. The van der Waals surface area contributed by atoms with Crippen LogP contribution in [0, 0.1) is 16.1 Å². The van der Waals surface area contributed by atoms with E-state index < -0.39 is 11.8 Å². The molecule has 4 nitrogen and oxygen atoms in total. The van der Waals surface area contributed by atoms with Crippen LogP contribution in [0.2, 0.25) is 0 Å². The fourth-order valence-electron chi connectivity index (χ4n) is 4.05. The molecule has 142 valence electrons. The van der Waals surface area contributed by atoms with Crippen molar-refractivity contribution in [3.63, 3.8) is 0 Å². The predicted octanol–water partition coefficient (Wildman–Crippen LogP) is 4.33. The summed E-state index contributed by atoms with van der Waals surface area (Å²) < 4.78 is 4.32. The van der Waals surface area contributed by atoms with E-state index in [1.807, 2.05) is 23.7 Å². The highest BCUT2D eigenvalue weighted by Crippen LogP contribution is 2.51. The molecule has 0 aliphatic heterocycles. The van der Waals surface area contributed by atoms with Crippen molar-refractivity contribution < 1.29 is 5.11 Å². The molecule has 0 radical (unpaired) electrons. The Balaban J connectivity index is 1.93. The van der Waals surface area contributed by atoms with Crippen LogP contribution in [-0.4, -0.2) is 38.2 Å². The maximum absolute atomic E-state index is 11.8. The summed E-state index contributed by atoms with van der Waals surface area (Å²) in [5.74, 6) is 0.179. The van der Waals surface area contributed by atoms with Crippen LogP contribution in [-0.2, 0) is 24.8 Å². The normalized spacial score (nSPS) is 25.5. The Bertz CT molecular complexity index is 884. The fourth-order valence-corrected chi connectivity index (χ4v) is 6.15. The lowest BCUT2D eigenvalue weighted by Crippen LogP contribution is -2.49. The smallest absolute Gasteiger partial charge is 0.201 e. The van der Waals surface area contributed by atoms with E-state index in [4.69, 9.17) is 24.0 Å². The second-order valence-electron chi connectivity index (χ2n) is 8.44. The Morgan fingerprint density at radius 3 is 2.50 bits per heavy atom. The van der Waals surface area contributed by atoms with Crippen LogP contribution in [0.5, 0.6) is 0 Å². The molecule has 0 amide bonds. The Hall–Kier alpha value is -0.810. The van der Waals surface area contributed by atoms with Crippen LogP contribution in [0.1, 0.15) is 32.3 Å². The van der Waals surface area contributed by atoms with Gasteiger partial charge in [0, 0.05) is 6.19 Å².